The Bertz CT molecular complexity index is 467. The molecule has 0 saturated carbocycles. The molecule has 1 heterocycles. The summed E-state index contributed by atoms with van der Waals surface area (Å²) in [4.78, 5) is 14.6. The van der Waals surface area contributed by atoms with Crippen molar-refractivity contribution in [2.45, 2.75) is 50.7 Å². The average Bonchev–Trinajstić information content (AvgIpc) is 2.51. The van der Waals surface area contributed by atoms with E-state index < -0.39 is 6.10 Å². The number of benzene rings is 1. The molecule has 1 unspecified atom stereocenters. The van der Waals surface area contributed by atoms with Crippen LogP contribution in [-0.4, -0.2) is 47.7 Å². The summed E-state index contributed by atoms with van der Waals surface area (Å²) in [6, 6.07) is 10.3. The molecule has 4 heteroatoms. The smallest absolute Gasteiger partial charge is 0.223 e. The van der Waals surface area contributed by atoms with Gasteiger partial charge in [-0.15, -0.1) is 0 Å². The molecule has 0 aromatic heterocycles. The Morgan fingerprint density at radius 2 is 1.95 bits per heavy atom. The molecular formula is C18H28N2O2. The van der Waals surface area contributed by atoms with Crippen LogP contribution < -0.4 is 5.32 Å². The van der Waals surface area contributed by atoms with Crippen LogP contribution in [0.1, 0.15) is 38.2 Å². The first kappa shape index (κ1) is 17.0. The number of hydrogen-bond donors (Lipinski definition) is 2. The number of amides is 1. The van der Waals surface area contributed by atoms with Crippen LogP contribution in [0, 0.1) is 0 Å². The number of nitrogens with one attached hydrogen (secondary N) is 1. The predicted molar refractivity (Wildman–Crippen MR) is 88.7 cm³/mol. The molecule has 22 heavy (non-hydrogen) atoms. The van der Waals surface area contributed by atoms with Crippen LogP contribution in [0.2, 0.25) is 0 Å². The standard InChI is InChI=1S/C18H28N2O2/c1-3-16(21)13-17(22)19-18(9-11-20(2)12-10-18)14-15-7-5-4-6-8-15/h4-8,16,21H,3,9-14H2,1-2H3,(H,19,22). The summed E-state index contributed by atoms with van der Waals surface area (Å²) < 4.78 is 0. The van der Waals surface area contributed by atoms with E-state index in [4.69, 9.17) is 0 Å². The minimum Gasteiger partial charge on any atom is -0.393 e. The molecule has 1 saturated heterocycles. The molecular weight excluding hydrogens is 276 g/mol. The van der Waals surface area contributed by atoms with Gasteiger partial charge in [-0.25, -0.2) is 0 Å². The second-order valence-corrected chi connectivity index (χ2v) is 6.56. The minimum absolute atomic E-state index is 0.0326. The summed E-state index contributed by atoms with van der Waals surface area (Å²) in [6.45, 7) is 3.88. The van der Waals surface area contributed by atoms with E-state index in [1.807, 2.05) is 25.1 Å². The Kier molecular flexibility index (Phi) is 5.98. The third kappa shape index (κ3) is 4.82. The summed E-state index contributed by atoms with van der Waals surface area (Å²) in [5.41, 5.74) is 1.07. The third-order valence-corrected chi connectivity index (χ3v) is 4.63. The number of likely N-dealkylation sites (tertiary alicyclic amines) is 1. The van der Waals surface area contributed by atoms with Crippen LogP contribution >= 0.6 is 0 Å². The van der Waals surface area contributed by atoms with E-state index in [1.54, 1.807) is 0 Å². The molecule has 0 radical (unpaired) electrons. The first-order chi connectivity index (χ1) is 10.5. The molecule has 1 amide bonds. The van der Waals surface area contributed by atoms with Gasteiger partial charge in [0.1, 0.15) is 0 Å². The quantitative estimate of drug-likeness (QED) is 0.845. The van der Waals surface area contributed by atoms with Crippen molar-refractivity contribution in [3.05, 3.63) is 35.9 Å². The van der Waals surface area contributed by atoms with Crippen LogP contribution in [0.3, 0.4) is 0 Å². The van der Waals surface area contributed by atoms with Crippen molar-refractivity contribution in [1.82, 2.24) is 10.2 Å². The fourth-order valence-corrected chi connectivity index (χ4v) is 3.08. The van der Waals surface area contributed by atoms with Crippen LogP contribution in [-0.2, 0) is 11.2 Å². The molecule has 1 aromatic rings. The fraction of sp³-hybridized carbons (Fsp3) is 0.611. The van der Waals surface area contributed by atoms with Gasteiger partial charge in [0, 0.05) is 18.6 Å². The number of carbonyl (C=O) groups excluding carboxylic acids is 1. The van der Waals surface area contributed by atoms with Crippen molar-refractivity contribution in [3.8, 4) is 0 Å². The van der Waals surface area contributed by atoms with Crippen LogP contribution in [0.15, 0.2) is 30.3 Å². The lowest BCUT2D eigenvalue weighted by Gasteiger charge is -2.41. The number of carbonyl (C=O) groups is 1. The zero-order valence-corrected chi connectivity index (χ0v) is 13.7. The molecule has 1 aliphatic heterocycles. The van der Waals surface area contributed by atoms with Gasteiger partial charge in [0.05, 0.1) is 12.5 Å². The van der Waals surface area contributed by atoms with E-state index in [0.29, 0.717) is 6.42 Å². The number of nitrogens with zero attached hydrogens (tertiary/aromatic N) is 1. The highest BCUT2D eigenvalue weighted by Gasteiger charge is 2.35. The molecule has 0 spiro atoms. The van der Waals surface area contributed by atoms with Gasteiger partial charge in [-0.05, 0) is 38.3 Å². The molecule has 2 rings (SSSR count). The molecule has 1 aromatic carbocycles. The molecule has 122 valence electrons. The Morgan fingerprint density at radius 1 is 1.32 bits per heavy atom. The van der Waals surface area contributed by atoms with E-state index in [0.717, 1.165) is 32.4 Å². The highest BCUT2D eigenvalue weighted by Crippen LogP contribution is 2.26. The van der Waals surface area contributed by atoms with Crippen LogP contribution in [0.25, 0.3) is 0 Å². The van der Waals surface area contributed by atoms with Gasteiger partial charge in [-0.1, -0.05) is 37.3 Å². The Hall–Kier alpha value is -1.39. The molecule has 0 bridgehead atoms. The number of aliphatic hydroxyl groups is 1. The molecule has 1 atom stereocenters. The van der Waals surface area contributed by atoms with Crippen molar-refractivity contribution in [1.29, 1.82) is 0 Å². The Labute approximate surface area is 133 Å². The SMILES string of the molecule is CCC(O)CC(=O)NC1(Cc2ccccc2)CCN(C)CC1. The molecule has 0 aliphatic carbocycles. The van der Waals surface area contributed by atoms with Gasteiger partial charge in [0.15, 0.2) is 0 Å². The second kappa shape index (κ2) is 7.75. The van der Waals surface area contributed by atoms with Crippen molar-refractivity contribution >= 4 is 5.91 Å². The number of piperidine rings is 1. The maximum absolute atomic E-state index is 12.3. The van der Waals surface area contributed by atoms with Gasteiger partial charge >= 0.3 is 0 Å². The van der Waals surface area contributed by atoms with E-state index in [-0.39, 0.29) is 17.9 Å². The third-order valence-electron chi connectivity index (χ3n) is 4.63. The van der Waals surface area contributed by atoms with Crippen molar-refractivity contribution < 1.29 is 9.90 Å². The van der Waals surface area contributed by atoms with Crippen molar-refractivity contribution in [2.24, 2.45) is 0 Å². The number of rotatable bonds is 6. The van der Waals surface area contributed by atoms with E-state index in [9.17, 15) is 9.90 Å². The zero-order valence-electron chi connectivity index (χ0n) is 13.7. The fourth-order valence-electron chi connectivity index (χ4n) is 3.08. The topological polar surface area (TPSA) is 52.6 Å². The summed E-state index contributed by atoms with van der Waals surface area (Å²) in [7, 11) is 2.12. The van der Waals surface area contributed by atoms with Crippen LogP contribution in [0.5, 0.6) is 0 Å². The van der Waals surface area contributed by atoms with E-state index in [1.165, 1.54) is 5.56 Å². The molecule has 2 N–H and O–H groups in total. The largest absolute Gasteiger partial charge is 0.393 e. The van der Waals surface area contributed by atoms with Gasteiger partial charge in [-0.2, -0.15) is 0 Å². The lowest BCUT2D eigenvalue weighted by atomic mass is 9.81. The van der Waals surface area contributed by atoms with E-state index in [2.05, 4.69) is 29.4 Å². The monoisotopic (exact) mass is 304 g/mol. The second-order valence-electron chi connectivity index (χ2n) is 6.56. The van der Waals surface area contributed by atoms with Crippen molar-refractivity contribution in [2.75, 3.05) is 20.1 Å². The molecule has 1 fully saturated rings. The first-order valence-corrected chi connectivity index (χ1v) is 8.24. The summed E-state index contributed by atoms with van der Waals surface area (Å²) in [5.74, 6) is -0.0326. The lowest BCUT2D eigenvalue weighted by Crippen LogP contribution is -2.56. The Balaban J connectivity index is 2.07. The zero-order chi connectivity index (χ0) is 16.0. The van der Waals surface area contributed by atoms with Gasteiger partial charge < -0.3 is 15.3 Å². The van der Waals surface area contributed by atoms with Gasteiger partial charge in [0.25, 0.3) is 0 Å². The van der Waals surface area contributed by atoms with E-state index >= 15 is 0 Å². The number of hydrogen-bond acceptors (Lipinski definition) is 3. The Morgan fingerprint density at radius 3 is 2.55 bits per heavy atom. The minimum atomic E-state index is -0.542. The highest BCUT2D eigenvalue weighted by atomic mass is 16.3. The molecule has 4 nitrogen and oxygen atoms in total. The van der Waals surface area contributed by atoms with Crippen molar-refractivity contribution in [3.63, 3.8) is 0 Å². The summed E-state index contributed by atoms with van der Waals surface area (Å²) in [5, 5.41) is 12.9. The summed E-state index contributed by atoms with van der Waals surface area (Å²) >= 11 is 0. The maximum atomic E-state index is 12.3. The van der Waals surface area contributed by atoms with Crippen LogP contribution in [0.4, 0.5) is 0 Å². The van der Waals surface area contributed by atoms with Gasteiger partial charge in [-0.3, -0.25) is 4.79 Å². The van der Waals surface area contributed by atoms with Gasteiger partial charge in [0.2, 0.25) is 5.91 Å². The first-order valence-electron chi connectivity index (χ1n) is 8.24. The lowest BCUT2D eigenvalue weighted by molar-refractivity contribution is -0.125. The molecule has 1 aliphatic rings. The highest BCUT2D eigenvalue weighted by molar-refractivity contribution is 5.77. The normalized spacial score (nSPS) is 19.6. The average molecular weight is 304 g/mol. The number of aliphatic hydroxyl groups excluding tert-OH is 1. The maximum Gasteiger partial charge on any atom is 0.223 e. The summed E-state index contributed by atoms with van der Waals surface area (Å²) in [6.07, 6.45) is 3.03. The predicted octanol–water partition coefficient (Wildman–Crippen LogP) is 1.97.